The maximum absolute atomic E-state index is 9.86. The number of para-hydroxylation sites is 1. The van der Waals surface area contributed by atoms with Crippen LogP contribution >= 0.6 is 0 Å². The summed E-state index contributed by atoms with van der Waals surface area (Å²) in [4.78, 5) is 0. The lowest BCUT2D eigenvalue weighted by molar-refractivity contribution is 0.200. The zero-order valence-corrected chi connectivity index (χ0v) is 12.4. The second-order valence-electron chi connectivity index (χ2n) is 5.28. The summed E-state index contributed by atoms with van der Waals surface area (Å²) in [5.41, 5.74) is 4.50. The minimum Gasteiger partial charge on any atom is -0.389 e. The molecule has 0 aliphatic heterocycles. The Bertz CT molecular complexity index is 546. The van der Waals surface area contributed by atoms with Crippen LogP contribution in [0.2, 0.25) is 0 Å². The van der Waals surface area contributed by atoms with Gasteiger partial charge in [0.15, 0.2) is 0 Å². The average Bonchev–Trinajstić information content (AvgIpc) is 2.46. The van der Waals surface area contributed by atoms with Gasteiger partial charge in [-0.1, -0.05) is 55.0 Å². The molecule has 0 heterocycles. The second kappa shape index (κ2) is 6.58. The molecule has 2 unspecified atom stereocenters. The van der Waals surface area contributed by atoms with E-state index in [-0.39, 0.29) is 6.04 Å². The zero-order valence-electron chi connectivity index (χ0n) is 12.4. The SMILES string of the molecule is CCC(Nc1ccccc1C(C)O)c1ccc(C)cc1. The molecule has 0 radical (unpaired) electrons. The molecule has 0 amide bonds. The first-order valence-electron chi connectivity index (χ1n) is 7.22. The molecule has 0 aliphatic carbocycles. The van der Waals surface area contributed by atoms with Crippen molar-refractivity contribution in [3.8, 4) is 0 Å². The molecule has 0 saturated carbocycles. The van der Waals surface area contributed by atoms with Gasteiger partial charge in [-0.05, 0) is 31.9 Å². The quantitative estimate of drug-likeness (QED) is 0.830. The lowest BCUT2D eigenvalue weighted by atomic mass is 10.0. The van der Waals surface area contributed by atoms with Crippen molar-refractivity contribution < 1.29 is 5.11 Å². The number of benzene rings is 2. The number of hydrogen-bond donors (Lipinski definition) is 2. The molecule has 2 atom stereocenters. The Hall–Kier alpha value is -1.80. The Morgan fingerprint density at radius 2 is 1.70 bits per heavy atom. The fourth-order valence-electron chi connectivity index (χ4n) is 2.40. The topological polar surface area (TPSA) is 32.3 Å². The van der Waals surface area contributed by atoms with Crippen LogP contribution in [-0.4, -0.2) is 5.11 Å². The summed E-state index contributed by atoms with van der Waals surface area (Å²) in [7, 11) is 0. The summed E-state index contributed by atoms with van der Waals surface area (Å²) in [6, 6.07) is 16.8. The van der Waals surface area contributed by atoms with Gasteiger partial charge in [-0.25, -0.2) is 0 Å². The average molecular weight is 269 g/mol. The Morgan fingerprint density at radius 3 is 2.30 bits per heavy atom. The molecule has 0 spiro atoms. The molecule has 2 aromatic carbocycles. The highest BCUT2D eigenvalue weighted by Gasteiger charge is 2.13. The number of rotatable bonds is 5. The van der Waals surface area contributed by atoms with E-state index in [9.17, 15) is 5.11 Å². The predicted molar refractivity (Wildman–Crippen MR) is 84.9 cm³/mol. The van der Waals surface area contributed by atoms with Crippen molar-refractivity contribution in [2.75, 3.05) is 5.32 Å². The Morgan fingerprint density at radius 1 is 1.05 bits per heavy atom. The highest BCUT2D eigenvalue weighted by Crippen LogP contribution is 2.28. The first-order valence-corrected chi connectivity index (χ1v) is 7.22. The van der Waals surface area contributed by atoms with Gasteiger partial charge in [0.25, 0.3) is 0 Å². The second-order valence-corrected chi connectivity index (χ2v) is 5.28. The van der Waals surface area contributed by atoms with Crippen LogP contribution in [0.25, 0.3) is 0 Å². The van der Waals surface area contributed by atoms with Gasteiger partial charge in [-0.2, -0.15) is 0 Å². The molecule has 2 nitrogen and oxygen atoms in total. The van der Waals surface area contributed by atoms with Gasteiger partial charge in [0.1, 0.15) is 0 Å². The van der Waals surface area contributed by atoms with Crippen molar-refractivity contribution in [1.29, 1.82) is 0 Å². The van der Waals surface area contributed by atoms with Crippen LogP contribution in [0.15, 0.2) is 48.5 Å². The maximum Gasteiger partial charge on any atom is 0.0781 e. The molecule has 0 aliphatic rings. The molecule has 0 aromatic heterocycles. The van der Waals surface area contributed by atoms with Crippen molar-refractivity contribution in [1.82, 2.24) is 0 Å². The summed E-state index contributed by atoms with van der Waals surface area (Å²) in [6.07, 6.45) is 0.534. The lowest BCUT2D eigenvalue weighted by Gasteiger charge is -2.22. The fraction of sp³-hybridized carbons (Fsp3) is 0.333. The van der Waals surface area contributed by atoms with E-state index in [2.05, 4.69) is 43.4 Å². The van der Waals surface area contributed by atoms with Crippen molar-refractivity contribution in [3.63, 3.8) is 0 Å². The Labute approximate surface area is 121 Å². The predicted octanol–water partition coefficient (Wildman–Crippen LogP) is 4.61. The van der Waals surface area contributed by atoms with Crippen molar-refractivity contribution in [2.24, 2.45) is 0 Å². The third-order valence-corrected chi connectivity index (χ3v) is 3.63. The monoisotopic (exact) mass is 269 g/mol. The number of aryl methyl sites for hydroxylation is 1. The van der Waals surface area contributed by atoms with Gasteiger partial charge in [0, 0.05) is 11.3 Å². The van der Waals surface area contributed by atoms with Crippen LogP contribution in [0.4, 0.5) is 5.69 Å². The highest BCUT2D eigenvalue weighted by atomic mass is 16.3. The van der Waals surface area contributed by atoms with Crippen LogP contribution < -0.4 is 5.32 Å². The minimum atomic E-state index is -0.464. The first kappa shape index (κ1) is 14.6. The van der Waals surface area contributed by atoms with E-state index in [0.29, 0.717) is 0 Å². The number of nitrogens with one attached hydrogen (secondary N) is 1. The van der Waals surface area contributed by atoms with Crippen molar-refractivity contribution >= 4 is 5.69 Å². The molecule has 20 heavy (non-hydrogen) atoms. The van der Waals surface area contributed by atoms with Gasteiger partial charge in [0.2, 0.25) is 0 Å². The van der Waals surface area contributed by atoms with Crippen LogP contribution in [0.5, 0.6) is 0 Å². The van der Waals surface area contributed by atoms with E-state index in [1.807, 2.05) is 24.3 Å². The zero-order chi connectivity index (χ0) is 14.5. The van der Waals surface area contributed by atoms with E-state index in [4.69, 9.17) is 0 Å². The summed E-state index contributed by atoms with van der Waals surface area (Å²) in [6.45, 7) is 6.07. The molecule has 2 N–H and O–H groups in total. The van der Waals surface area contributed by atoms with Crippen LogP contribution in [-0.2, 0) is 0 Å². The summed E-state index contributed by atoms with van der Waals surface area (Å²) >= 11 is 0. The summed E-state index contributed by atoms with van der Waals surface area (Å²) in [5, 5.41) is 13.4. The third kappa shape index (κ3) is 3.40. The first-order chi connectivity index (χ1) is 9.61. The molecule has 106 valence electrons. The standard InChI is InChI=1S/C18H23NO/c1-4-17(15-11-9-13(2)10-12-15)19-18-8-6-5-7-16(18)14(3)20/h5-12,14,17,19-20H,4H2,1-3H3. The Kier molecular flexibility index (Phi) is 4.80. The number of anilines is 1. The summed E-state index contributed by atoms with van der Waals surface area (Å²) < 4.78 is 0. The highest BCUT2D eigenvalue weighted by molar-refractivity contribution is 5.53. The Balaban J connectivity index is 2.24. The van der Waals surface area contributed by atoms with Crippen LogP contribution in [0.1, 0.15) is 49.1 Å². The van der Waals surface area contributed by atoms with E-state index in [1.165, 1.54) is 11.1 Å². The third-order valence-electron chi connectivity index (χ3n) is 3.63. The minimum absolute atomic E-state index is 0.260. The van der Waals surface area contributed by atoms with Crippen LogP contribution in [0, 0.1) is 6.92 Å². The molecule has 2 rings (SSSR count). The van der Waals surface area contributed by atoms with E-state index in [1.54, 1.807) is 6.92 Å². The fourth-order valence-corrected chi connectivity index (χ4v) is 2.40. The van der Waals surface area contributed by atoms with Crippen LogP contribution in [0.3, 0.4) is 0 Å². The number of aliphatic hydroxyl groups excluding tert-OH is 1. The van der Waals surface area contributed by atoms with E-state index < -0.39 is 6.10 Å². The molecular formula is C18H23NO. The van der Waals surface area contributed by atoms with Gasteiger partial charge in [-0.15, -0.1) is 0 Å². The molecule has 0 fully saturated rings. The number of hydrogen-bond acceptors (Lipinski definition) is 2. The molecule has 2 heteroatoms. The molecule has 0 bridgehead atoms. The normalized spacial score (nSPS) is 13.8. The smallest absolute Gasteiger partial charge is 0.0781 e. The van der Waals surface area contributed by atoms with Gasteiger partial charge < -0.3 is 10.4 Å². The van der Waals surface area contributed by atoms with Gasteiger partial charge >= 0.3 is 0 Å². The molecule has 0 saturated heterocycles. The molecule has 2 aromatic rings. The van der Waals surface area contributed by atoms with Gasteiger partial charge in [-0.3, -0.25) is 0 Å². The van der Waals surface area contributed by atoms with E-state index >= 15 is 0 Å². The lowest BCUT2D eigenvalue weighted by Crippen LogP contribution is -2.11. The maximum atomic E-state index is 9.86. The number of aliphatic hydroxyl groups is 1. The largest absolute Gasteiger partial charge is 0.389 e. The van der Waals surface area contributed by atoms with Gasteiger partial charge in [0.05, 0.1) is 12.1 Å². The molecular weight excluding hydrogens is 246 g/mol. The van der Waals surface area contributed by atoms with Crippen molar-refractivity contribution in [2.45, 2.75) is 39.3 Å². The summed E-state index contributed by atoms with van der Waals surface area (Å²) in [5.74, 6) is 0. The van der Waals surface area contributed by atoms with E-state index in [0.717, 1.165) is 17.7 Å². The van der Waals surface area contributed by atoms with Crippen molar-refractivity contribution in [3.05, 3.63) is 65.2 Å².